The van der Waals surface area contributed by atoms with Crippen LogP contribution in [0.15, 0.2) is 24.3 Å². The Labute approximate surface area is 121 Å². The number of hydrogen-bond donors (Lipinski definition) is 1. The van der Waals surface area contributed by atoms with E-state index >= 15 is 0 Å². The van der Waals surface area contributed by atoms with Crippen molar-refractivity contribution in [3.8, 4) is 10.4 Å². The van der Waals surface area contributed by atoms with Crippen molar-refractivity contribution in [2.45, 2.75) is 20.3 Å². The molecule has 1 aromatic carbocycles. The van der Waals surface area contributed by atoms with E-state index in [9.17, 15) is 9.18 Å². The smallest absolute Gasteiger partial charge is 0.350 e. The van der Waals surface area contributed by atoms with Gasteiger partial charge in [-0.25, -0.2) is 9.18 Å². The Bertz CT molecular complexity index is 637. The summed E-state index contributed by atoms with van der Waals surface area (Å²) in [6.07, 6.45) is 0.630. The lowest BCUT2D eigenvalue weighted by atomic mass is 10.1. The van der Waals surface area contributed by atoms with Gasteiger partial charge in [-0.2, -0.15) is 0 Å². The van der Waals surface area contributed by atoms with Gasteiger partial charge in [0.05, 0.1) is 12.3 Å². The Morgan fingerprint density at radius 2 is 2.05 bits per heavy atom. The van der Waals surface area contributed by atoms with Crippen LogP contribution in [0.4, 0.5) is 10.1 Å². The van der Waals surface area contributed by atoms with Crippen LogP contribution in [0.3, 0.4) is 0 Å². The van der Waals surface area contributed by atoms with Crippen LogP contribution in [-0.2, 0) is 11.2 Å². The number of nitrogen functional groups attached to an aromatic ring is 1. The van der Waals surface area contributed by atoms with Crippen molar-refractivity contribution < 1.29 is 13.9 Å². The van der Waals surface area contributed by atoms with E-state index in [4.69, 9.17) is 10.5 Å². The minimum atomic E-state index is -0.452. The molecule has 5 heteroatoms. The number of carbonyl (C=O) groups is 1. The van der Waals surface area contributed by atoms with E-state index < -0.39 is 5.97 Å². The highest BCUT2D eigenvalue weighted by atomic mass is 32.1. The molecule has 2 aromatic rings. The monoisotopic (exact) mass is 293 g/mol. The fourth-order valence-electron chi connectivity index (χ4n) is 2.04. The first-order valence-corrected chi connectivity index (χ1v) is 7.24. The van der Waals surface area contributed by atoms with Gasteiger partial charge in [0.25, 0.3) is 0 Å². The summed E-state index contributed by atoms with van der Waals surface area (Å²) in [6, 6.07) is 6.48. The summed E-state index contributed by atoms with van der Waals surface area (Å²) in [5.41, 5.74) is 7.68. The third-order valence-electron chi connectivity index (χ3n) is 2.98. The number of hydrogen-bond acceptors (Lipinski definition) is 4. The predicted molar refractivity (Wildman–Crippen MR) is 79.5 cm³/mol. The minimum Gasteiger partial charge on any atom is -0.462 e. The average Bonchev–Trinajstić information content (AvgIpc) is 2.76. The molecule has 0 bridgehead atoms. The molecule has 0 saturated heterocycles. The van der Waals surface area contributed by atoms with Gasteiger partial charge in [0, 0.05) is 10.4 Å². The summed E-state index contributed by atoms with van der Waals surface area (Å²) in [7, 11) is 0. The molecule has 0 radical (unpaired) electrons. The van der Waals surface area contributed by atoms with Crippen molar-refractivity contribution in [2.75, 3.05) is 12.3 Å². The normalized spacial score (nSPS) is 10.6. The summed E-state index contributed by atoms with van der Waals surface area (Å²) in [5, 5.41) is 0. The van der Waals surface area contributed by atoms with Crippen molar-refractivity contribution in [3.63, 3.8) is 0 Å². The van der Waals surface area contributed by atoms with Crippen molar-refractivity contribution in [3.05, 3.63) is 40.5 Å². The van der Waals surface area contributed by atoms with Gasteiger partial charge in [0.15, 0.2) is 0 Å². The van der Waals surface area contributed by atoms with Gasteiger partial charge < -0.3 is 10.5 Å². The second-order valence-electron chi connectivity index (χ2n) is 4.21. The lowest BCUT2D eigenvalue weighted by Crippen LogP contribution is -2.05. The summed E-state index contributed by atoms with van der Waals surface area (Å²) in [5.74, 6) is -0.772. The summed E-state index contributed by atoms with van der Waals surface area (Å²) in [4.78, 5) is 12.9. The third kappa shape index (κ3) is 2.54. The van der Waals surface area contributed by atoms with Crippen molar-refractivity contribution in [2.24, 2.45) is 0 Å². The lowest BCUT2D eigenvalue weighted by Gasteiger charge is -2.03. The topological polar surface area (TPSA) is 52.3 Å². The fraction of sp³-hybridized carbons (Fsp3) is 0.267. The molecule has 106 valence electrons. The fourth-order valence-corrected chi connectivity index (χ4v) is 3.27. The van der Waals surface area contributed by atoms with Gasteiger partial charge in [-0.05, 0) is 25.0 Å². The number of rotatable bonds is 4. The molecule has 1 aromatic heterocycles. The zero-order chi connectivity index (χ0) is 14.7. The predicted octanol–water partition coefficient (Wildman–Crippen LogP) is 3.88. The summed E-state index contributed by atoms with van der Waals surface area (Å²) >= 11 is 1.19. The number of carbonyl (C=O) groups excluding carboxylic acids is 1. The molecule has 0 fully saturated rings. The Balaban J connectivity index is 2.57. The number of thiophene rings is 1. The SMILES string of the molecule is CCOC(=O)c1sc(-c2ccccc2F)c(CC)c1N. The molecule has 0 aliphatic heterocycles. The molecule has 0 saturated carbocycles. The van der Waals surface area contributed by atoms with E-state index in [0.717, 1.165) is 5.56 Å². The lowest BCUT2D eigenvalue weighted by molar-refractivity contribution is 0.0533. The maximum atomic E-state index is 13.9. The zero-order valence-electron chi connectivity index (χ0n) is 11.4. The molecule has 3 nitrogen and oxygen atoms in total. The highest BCUT2D eigenvalue weighted by molar-refractivity contribution is 7.18. The van der Waals surface area contributed by atoms with E-state index in [0.29, 0.717) is 27.4 Å². The van der Waals surface area contributed by atoms with Gasteiger partial charge in [-0.1, -0.05) is 25.1 Å². The quantitative estimate of drug-likeness (QED) is 0.870. The van der Waals surface area contributed by atoms with Gasteiger partial charge >= 0.3 is 5.97 Å². The van der Waals surface area contributed by atoms with Crippen molar-refractivity contribution >= 4 is 23.0 Å². The maximum Gasteiger partial charge on any atom is 0.350 e. The van der Waals surface area contributed by atoms with Crippen LogP contribution in [0.1, 0.15) is 29.1 Å². The first-order chi connectivity index (χ1) is 9.60. The molecule has 2 N–H and O–H groups in total. The van der Waals surface area contributed by atoms with Crippen molar-refractivity contribution in [1.29, 1.82) is 0 Å². The van der Waals surface area contributed by atoms with E-state index in [2.05, 4.69) is 0 Å². The summed E-state index contributed by atoms with van der Waals surface area (Å²) in [6.45, 7) is 3.95. The first-order valence-electron chi connectivity index (χ1n) is 6.43. The number of benzene rings is 1. The average molecular weight is 293 g/mol. The second-order valence-corrected chi connectivity index (χ2v) is 5.23. The Hall–Kier alpha value is -1.88. The summed E-state index contributed by atoms with van der Waals surface area (Å²) < 4.78 is 18.9. The molecule has 20 heavy (non-hydrogen) atoms. The molecule has 0 aliphatic rings. The Kier molecular flexibility index (Phi) is 4.39. The van der Waals surface area contributed by atoms with Crippen LogP contribution in [0.2, 0.25) is 0 Å². The van der Waals surface area contributed by atoms with Crippen LogP contribution in [0, 0.1) is 5.82 Å². The van der Waals surface area contributed by atoms with Crippen molar-refractivity contribution in [1.82, 2.24) is 0 Å². The Morgan fingerprint density at radius 3 is 2.65 bits per heavy atom. The number of halogens is 1. The highest BCUT2D eigenvalue weighted by Crippen LogP contribution is 2.40. The zero-order valence-corrected chi connectivity index (χ0v) is 12.2. The van der Waals surface area contributed by atoms with E-state index in [-0.39, 0.29) is 12.4 Å². The van der Waals surface area contributed by atoms with E-state index in [1.165, 1.54) is 17.4 Å². The molecule has 0 atom stereocenters. The second kappa shape index (κ2) is 6.05. The number of anilines is 1. The third-order valence-corrected chi connectivity index (χ3v) is 4.24. The van der Waals surface area contributed by atoms with Crippen LogP contribution < -0.4 is 5.73 Å². The van der Waals surface area contributed by atoms with E-state index in [1.54, 1.807) is 25.1 Å². The van der Waals surface area contributed by atoms with Gasteiger partial charge in [-0.3, -0.25) is 0 Å². The van der Waals surface area contributed by atoms with Crippen LogP contribution >= 0.6 is 11.3 Å². The van der Waals surface area contributed by atoms with Crippen LogP contribution in [0.5, 0.6) is 0 Å². The highest BCUT2D eigenvalue weighted by Gasteiger charge is 2.22. The molecule has 2 rings (SSSR count). The Morgan fingerprint density at radius 1 is 1.35 bits per heavy atom. The molecule has 1 heterocycles. The van der Waals surface area contributed by atoms with E-state index in [1.807, 2.05) is 6.92 Å². The molecule has 0 amide bonds. The molecule has 0 spiro atoms. The largest absolute Gasteiger partial charge is 0.462 e. The molecule has 0 unspecified atom stereocenters. The van der Waals surface area contributed by atoms with Crippen LogP contribution in [0.25, 0.3) is 10.4 Å². The van der Waals surface area contributed by atoms with Gasteiger partial charge in [0.1, 0.15) is 10.7 Å². The molecular weight excluding hydrogens is 277 g/mol. The number of ether oxygens (including phenoxy) is 1. The number of esters is 1. The number of nitrogens with two attached hydrogens (primary N) is 1. The van der Waals surface area contributed by atoms with Gasteiger partial charge in [0.2, 0.25) is 0 Å². The molecular formula is C15H16FNO2S. The first kappa shape index (κ1) is 14.5. The maximum absolute atomic E-state index is 13.9. The van der Waals surface area contributed by atoms with Gasteiger partial charge in [-0.15, -0.1) is 11.3 Å². The standard InChI is InChI=1S/C15H16FNO2S/c1-3-9-12(17)14(15(18)19-4-2)20-13(9)10-7-5-6-8-11(10)16/h5-8H,3-4,17H2,1-2H3. The minimum absolute atomic E-state index is 0.284. The molecule has 0 aliphatic carbocycles. The van der Waals surface area contributed by atoms with Crippen LogP contribution in [-0.4, -0.2) is 12.6 Å².